The molecule has 0 aromatic heterocycles. The van der Waals surface area contributed by atoms with Crippen LogP contribution in [-0.2, 0) is 0 Å². The average molecular weight is 234 g/mol. The average Bonchev–Trinajstić information content (AvgIpc) is 2.79. The Bertz CT molecular complexity index is 407. The van der Waals surface area contributed by atoms with Crippen molar-refractivity contribution in [1.82, 2.24) is 4.31 Å². The molecular weight excluding hydrogens is 220 g/mol. The van der Waals surface area contributed by atoms with E-state index in [1.165, 1.54) is 12.8 Å². The lowest BCUT2D eigenvalue weighted by Crippen LogP contribution is -2.12. The van der Waals surface area contributed by atoms with Gasteiger partial charge >= 0.3 is 0 Å². The van der Waals surface area contributed by atoms with Gasteiger partial charge in [-0.1, -0.05) is 6.07 Å². The predicted molar refractivity (Wildman–Crippen MR) is 67.6 cm³/mol. The maximum Gasteiger partial charge on any atom is 0.104 e. The molecule has 0 amide bonds. The highest BCUT2D eigenvalue weighted by Crippen LogP contribution is 2.26. The van der Waals surface area contributed by atoms with Crippen LogP contribution in [0.1, 0.15) is 18.4 Å². The molecule has 1 aliphatic rings. The largest absolute Gasteiger partial charge is 0.398 e. The number of nitrogens with two attached hydrogens (primary N) is 1. The fourth-order valence-corrected chi connectivity index (χ4v) is 2.51. The highest BCUT2D eigenvalue weighted by Gasteiger charge is 2.13. The lowest BCUT2D eigenvalue weighted by atomic mass is 10.1. The molecule has 2 rings (SSSR count). The summed E-state index contributed by atoms with van der Waals surface area (Å²) in [4.78, 5) is 0. The predicted octanol–water partition coefficient (Wildman–Crippen LogP) is 2.21. The molecule has 0 atom stereocenters. The van der Waals surface area contributed by atoms with Crippen molar-refractivity contribution < 1.29 is 0 Å². The molecule has 3 N–H and O–H groups in total. The number of nitrogen functional groups attached to an aromatic ring is 1. The van der Waals surface area contributed by atoms with Crippen molar-refractivity contribution in [3.63, 3.8) is 0 Å². The first-order valence-electron chi connectivity index (χ1n) is 5.28. The van der Waals surface area contributed by atoms with Crippen LogP contribution in [-0.4, -0.2) is 17.4 Å². The third-order valence-corrected chi connectivity index (χ3v) is 3.49. The van der Waals surface area contributed by atoms with E-state index in [1.54, 1.807) is 18.2 Å². The number of nitriles is 1. The van der Waals surface area contributed by atoms with Crippen LogP contribution in [0.5, 0.6) is 0 Å². The van der Waals surface area contributed by atoms with Crippen molar-refractivity contribution in [3.05, 3.63) is 23.8 Å². The molecule has 5 heteroatoms. The van der Waals surface area contributed by atoms with Gasteiger partial charge in [0.1, 0.15) is 6.07 Å². The standard InChI is InChI=1S/C11H14N4S/c12-8-9-10(13)4-3-5-11(9)14-16-15-6-1-2-7-15/h3-5,14H,1-2,6-7,13H2. The van der Waals surface area contributed by atoms with E-state index in [9.17, 15) is 0 Å². The summed E-state index contributed by atoms with van der Waals surface area (Å²) in [6, 6.07) is 7.58. The van der Waals surface area contributed by atoms with E-state index < -0.39 is 0 Å². The first-order valence-corrected chi connectivity index (χ1v) is 6.05. The van der Waals surface area contributed by atoms with Crippen molar-refractivity contribution in [3.8, 4) is 6.07 Å². The maximum atomic E-state index is 9.00. The Balaban J connectivity index is 2.03. The molecule has 1 aliphatic heterocycles. The number of nitrogens with one attached hydrogen (secondary N) is 1. The lowest BCUT2D eigenvalue weighted by molar-refractivity contribution is 0.589. The Morgan fingerprint density at radius 3 is 2.81 bits per heavy atom. The van der Waals surface area contributed by atoms with Crippen LogP contribution in [0.3, 0.4) is 0 Å². The van der Waals surface area contributed by atoms with Crippen molar-refractivity contribution in [2.24, 2.45) is 0 Å². The maximum absolute atomic E-state index is 9.00. The van der Waals surface area contributed by atoms with Crippen LogP contribution in [0, 0.1) is 11.3 Å². The molecule has 1 saturated heterocycles. The van der Waals surface area contributed by atoms with Gasteiger partial charge in [0.15, 0.2) is 0 Å². The van der Waals surface area contributed by atoms with Crippen molar-refractivity contribution in [2.45, 2.75) is 12.8 Å². The molecule has 16 heavy (non-hydrogen) atoms. The van der Waals surface area contributed by atoms with Crippen LogP contribution in [0.4, 0.5) is 11.4 Å². The van der Waals surface area contributed by atoms with Crippen molar-refractivity contribution >= 4 is 23.5 Å². The lowest BCUT2D eigenvalue weighted by Gasteiger charge is -2.15. The summed E-state index contributed by atoms with van der Waals surface area (Å²) in [5, 5.41) is 9.00. The second-order valence-corrected chi connectivity index (χ2v) is 4.61. The summed E-state index contributed by atoms with van der Waals surface area (Å²) in [5.74, 6) is 0. The van der Waals surface area contributed by atoms with E-state index in [2.05, 4.69) is 15.1 Å². The summed E-state index contributed by atoms with van der Waals surface area (Å²) >= 11 is 1.55. The minimum atomic E-state index is 0.522. The van der Waals surface area contributed by atoms with Gasteiger partial charge < -0.3 is 10.5 Å². The minimum absolute atomic E-state index is 0.522. The van der Waals surface area contributed by atoms with Gasteiger partial charge in [0, 0.05) is 25.2 Å². The third-order valence-electron chi connectivity index (χ3n) is 2.56. The molecule has 0 saturated carbocycles. The topological polar surface area (TPSA) is 65.1 Å². The second kappa shape index (κ2) is 5.10. The van der Waals surface area contributed by atoms with Gasteiger partial charge in [-0.15, -0.1) is 0 Å². The minimum Gasteiger partial charge on any atom is -0.398 e. The van der Waals surface area contributed by atoms with E-state index in [-0.39, 0.29) is 0 Å². The molecule has 1 heterocycles. The zero-order valence-electron chi connectivity index (χ0n) is 8.94. The Morgan fingerprint density at radius 1 is 1.38 bits per heavy atom. The molecule has 1 aromatic carbocycles. The van der Waals surface area contributed by atoms with Gasteiger partial charge in [0.2, 0.25) is 0 Å². The van der Waals surface area contributed by atoms with E-state index >= 15 is 0 Å². The Hall–Kier alpha value is -1.38. The quantitative estimate of drug-likeness (QED) is 0.620. The fraction of sp³-hybridized carbons (Fsp3) is 0.364. The summed E-state index contributed by atoms with van der Waals surface area (Å²) in [7, 11) is 0. The molecule has 0 bridgehead atoms. The fourth-order valence-electron chi connectivity index (χ4n) is 1.67. The monoisotopic (exact) mass is 234 g/mol. The third kappa shape index (κ3) is 2.40. The summed E-state index contributed by atoms with van der Waals surface area (Å²) in [6.45, 7) is 2.20. The molecule has 0 radical (unpaired) electrons. The van der Waals surface area contributed by atoms with Crippen molar-refractivity contribution in [2.75, 3.05) is 23.5 Å². The van der Waals surface area contributed by atoms with Crippen LogP contribution in [0.2, 0.25) is 0 Å². The summed E-state index contributed by atoms with van der Waals surface area (Å²) < 4.78 is 5.44. The molecule has 0 aliphatic carbocycles. The van der Waals surface area contributed by atoms with Gasteiger partial charge in [-0.3, -0.25) is 0 Å². The van der Waals surface area contributed by atoms with E-state index in [4.69, 9.17) is 11.0 Å². The smallest absolute Gasteiger partial charge is 0.104 e. The molecule has 4 nitrogen and oxygen atoms in total. The number of nitrogens with zero attached hydrogens (tertiary/aromatic N) is 2. The first-order chi connectivity index (χ1) is 7.81. The number of hydrogen-bond donors (Lipinski definition) is 2. The van der Waals surface area contributed by atoms with Gasteiger partial charge in [0.25, 0.3) is 0 Å². The second-order valence-electron chi connectivity index (χ2n) is 3.71. The van der Waals surface area contributed by atoms with Crippen molar-refractivity contribution in [1.29, 1.82) is 5.26 Å². The zero-order valence-corrected chi connectivity index (χ0v) is 9.76. The zero-order chi connectivity index (χ0) is 11.4. The Morgan fingerprint density at radius 2 is 2.12 bits per heavy atom. The first kappa shape index (κ1) is 11.1. The molecule has 1 fully saturated rings. The van der Waals surface area contributed by atoms with Crippen LogP contribution in [0.15, 0.2) is 18.2 Å². The van der Waals surface area contributed by atoms with Gasteiger partial charge in [0.05, 0.1) is 16.9 Å². The van der Waals surface area contributed by atoms with Crippen LogP contribution in [0.25, 0.3) is 0 Å². The Kier molecular flexibility index (Phi) is 3.54. The van der Waals surface area contributed by atoms with Gasteiger partial charge in [-0.2, -0.15) is 5.26 Å². The SMILES string of the molecule is N#Cc1c(N)cccc1NSN1CCCC1. The van der Waals surface area contributed by atoms with Gasteiger partial charge in [-0.05, 0) is 25.0 Å². The van der Waals surface area contributed by atoms with Crippen LogP contribution < -0.4 is 10.5 Å². The number of benzene rings is 1. The highest BCUT2D eigenvalue weighted by molar-refractivity contribution is 7.98. The molecule has 0 unspecified atom stereocenters. The number of rotatable bonds is 3. The summed E-state index contributed by atoms with van der Waals surface area (Å²) in [5.41, 5.74) is 7.57. The molecule has 1 aromatic rings. The van der Waals surface area contributed by atoms with E-state index in [0.29, 0.717) is 11.3 Å². The highest BCUT2D eigenvalue weighted by atomic mass is 32.2. The molecule has 0 spiro atoms. The number of hydrogen-bond acceptors (Lipinski definition) is 5. The number of anilines is 2. The van der Waals surface area contributed by atoms with E-state index in [1.807, 2.05) is 12.1 Å². The normalized spacial score (nSPS) is 15.9. The Labute approximate surface area is 99.7 Å². The summed E-state index contributed by atoms with van der Waals surface area (Å²) in [6.07, 6.45) is 2.49. The van der Waals surface area contributed by atoms with Crippen LogP contribution >= 0.6 is 12.1 Å². The molecule has 84 valence electrons. The molecular formula is C11H14N4S. The van der Waals surface area contributed by atoms with E-state index in [0.717, 1.165) is 18.8 Å². The van der Waals surface area contributed by atoms with Gasteiger partial charge in [-0.25, -0.2) is 4.31 Å².